The van der Waals surface area contributed by atoms with Crippen LogP contribution in [0.4, 0.5) is 0 Å². The summed E-state index contributed by atoms with van der Waals surface area (Å²) in [5, 5.41) is 12.6. The van der Waals surface area contributed by atoms with Crippen LogP contribution in [-0.2, 0) is 0 Å². The number of nitrogens with one attached hydrogen (secondary N) is 1. The molecule has 1 fully saturated rings. The molecule has 2 heteroatoms. The molecule has 1 rings (SSSR count). The van der Waals surface area contributed by atoms with Gasteiger partial charge in [-0.3, -0.25) is 0 Å². The molecule has 0 aliphatic heterocycles. The Morgan fingerprint density at radius 2 is 2.06 bits per heavy atom. The Morgan fingerprint density at radius 1 is 1.25 bits per heavy atom. The molecule has 1 saturated carbocycles. The van der Waals surface area contributed by atoms with Crippen LogP contribution in [0.3, 0.4) is 0 Å². The molecule has 0 amide bonds. The van der Waals surface area contributed by atoms with Gasteiger partial charge in [-0.1, -0.05) is 39.5 Å². The normalized spacial score (nSPS) is 28.7. The summed E-state index contributed by atoms with van der Waals surface area (Å²) < 4.78 is 0. The molecular weight excluding hydrogens is 198 g/mol. The number of aliphatic hydroxyl groups is 1. The van der Waals surface area contributed by atoms with Gasteiger partial charge in [-0.05, 0) is 31.1 Å². The van der Waals surface area contributed by atoms with Crippen LogP contribution >= 0.6 is 0 Å². The zero-order valence-electron chi connectivity index (χ0n) is 11.0. The summed E-state index contributed by atoms with van der Waals surface area (Å²) in [5.41, 5.74) is 0. The molecule has 1 aliphatic carbocycles. The molecule has 3 atom stereocenters. The molecule has 0 aromatic carbocycles. The summed E-state index contributed by atoms with van der Waals surface area (Å²) in [6, 6.07) is 0.704. The van der Waals surface area contributed by atoms with Crippen LogP contribution in [0.15, 0.2) is 0 Å². The predicted octanol–water partition coefficient (Wildman–Crippen LogP) is 2.95. The van der Waals surface area contributed by atoms with E-state index in [4.69, 9.17) is 5.11 Å². The quantitative estimate of drug-likeness (QED) is 0.684. The Morgan fingerprint density at radius 3 is 2.75 bits per heavy atom. The van der Waals surface area contributed by atoms with Gasteiger partial charge in [-0.15, -0.1) is 0 Å². The van der Waals surface area contributed by atoms with E-state index in [2.05, 4.69) is 19.2 Å². The molecule has 0 heterocycles. The summed E-state index contributed by atoms with van der Waals surface area (Å²) in [4.78, 5) is 0. The van der Waals surface area contributed by atoms with Crippen LogP contribution in [0.25, 0.3) is 0 Å². The van der Waals surface area contributed by atoms with Crippen molar-refractivity contribution in [2.75, 3.05) is 13.2 Å². The smallest absolute Gasteiger partial charge is 0.0468 e. The van der Waals surface area contributed by atoms with E-state index in [0.29, 0.717) is 18.6 Å². The van der Waals surface area contributed by atoms with Crippen LogP contribution in [0.2, 0.25) is 0 Å². The van der Waals surface area contributed by atoms with Crippen molar-refractivity contribution in [2.45, 2.75) is 64.8 Å². The van der Waals surface area contributed by atoms with Gasteiger partial charge in [0.25, 0.3) is 0 Å². The molecule has 0 saturated heterocycles. The van der Waals surface area contributed by atoms with Gasteiger partial charge in [0, 0.05) is 19.2 Å². The first-order chi connectivity index (χ1) is 7.76. The molecule has 2 nitrogen and oxygen atoms in total. The van der Waals surface area contributed by atoms with E-state index in [1.165, 1.54) is 44.9 Å². The highest BCUT2D eigenvalue weighted by molar-refractivity contribution is 4.75. The topological polar surface area (TPSA) is 32.3 Å². The average Bonchev–Trinajstić information content (AvgIpc) is 2.52. The van der Waals surface area contributed by atoms with Crippen molar-refractivity contribution < 1.29 is 5.11 Å². The third kappa shape index (κ3) is 5.31. The molecule has 0 spiro atoms. The first-order valence-electron chi connectivity index (χ1n) is 7.10. The lowest BCUT2D eigenvalue weighted by atomic mass is 9.95. The fourth-order valence-corrected chi connectivity index (χ4v) is 2.71. The Hall–Kier alpha value is -0.0800. The summed E-state index contributed by atoms with van der Waals surface area (Å²) in [5.74, 6) is 1.38. The number of rotatable bonds is 6. The Labute approximate surface area is 101 Å². The molecule has 96 valence electrons. The average molecular weight is 227 g/mol. The van der Waals surface area contributed by atoms with Gasteiger partial charge >= 0.3 is 0 Å². The van der Waals surface area contributed by atoms with Crippen LogP contribution in [0.5, 0.6) is 0 Å². The first-order valence-corrected chi connectivity index (χ1v) is 7.10. The standard InChI is InChI=1S/C14H29NO/c1-3-5-13-6-4-7-14(9-8-13)15-10-12(2)11-16/h12-16H,3-11H2,1-2H3. The minimum atomic E-state index is 0.304. The van der Waals surface area contributed by atoms with Crippen LogP contribution < -0.4 is 5.32 Å². The van der Waals surface area contributed by atoms with Gasteiger partial charge in [0.05, 0.1) is 0 Å². The van der Waals surface area contributed by atoms with Crippen LogP contribution in [0, 0.1) is 11.8 Å². The van der Waals surface area contributed by atoms with Crippen LogP contribution in [-0.4, -0.2) is 24.3 Å². The van der Waals surface area contributed by atoms with Crippen LogP contribution in [0.1, 0.15) is 58.8 Å². The largest absolute Gasteiger partial charge is 0.396 e. The maximum Gasteiger partial charge on any atom is 0.0468 e. The lowest BCUT2D eigenvalue weighted by Gasteiger charge is -2.19. The third-order valence-electron chi connectivity index (χ3n) is 3.85. The van der Waals surface area contributed by atoms with Crippen molar-refractivity contribution in [1.29, 1.82) is 0 Å². The maximum absolute atomic E-state index is 8.99. The highest BCUT2D eigenvalue weighted by Crippen LogP contribution is 2.26. The fourth-order valence-electron chi connectivity index (χ4n) is 2.71. The fraction of sp³-hybridized carbons (Fsp3) is 1.00. The van der Waals surface area contributed by atoms with Crippen molar-refractivity contribution in [2.24, 2.45) is 11.8 Å². The minimum Gasteiger partial charge on any atom is -0.396 e. The monoisotopic (exact) mass is 227 g/mol. The second-order valence-electron chi connectivity index (χ2n) is 5.56. The van der Waals surface area contributed by atoms with Crippen molar-refractivity contribution in [3.05, 3.63) is 0 Å². The molecule has 0 bridgehead atoms. The molecule has 1 aliphatic rings. The summed E-state index contributed by atoms with van der Waals surface area (Å²) in [6.07, 6.45) is 9.64. The lowest BCUT2D eigenvalue weighted by molar-refractivity contribution is 0.228. The zero-order chi connectivity index (χ0) is 11.8. The van der Waals surface area contributed by atoms with Gasteiger partial charge < -0.3 is 10.4 Å². The van der Waals surface area contributed by atoms with E-state index in [-0.39, 0.29) is 0 Å². The van der Waals surface area contributed by atoms with Gasteiger partial charge in [0.2, 0.25) is 0 Å². The zero-order valence-corrected chi connectivity index (χ0v) is 11.0. The first kappa shape index (κ1) is 14.0. The molecule has 0 radical (unpaired) electrons. The Kier molecular flexibility index (Phi) is 7.06. The van der Waals surface area contributed by atoms with E-state index in [1.54, 1.807) is 0 Å². The third-order valence-corrected chi connectivity index (χ3v) is 3.85. The Bertz CT molecular complexity index is 172. The van der Waals surface area contributed by atoms with E-state index in [9.17, 15) is 0 Å². The lowest BCUT2D eigenvalue weighted by Crippen LogP contribution is -2.33. The molecule has 0 aromatic heterocycles. The van der Waals surface area contributed by atoms with E-state index < -0.39 is 0 Å². The van der Waals surface area contributed by atoms with E-state index in [1.807, 2.05) is 0 Å². The number of hydrogen-bond acceptors (Lipinski definition) is 2. The molecule has 0 aromatic rings. The highest BCUT2D eigenvalue weighted by atomic mass is 16.3. The number of aliphatic hydroxyl groups excluding tert-OH is 1. The Balaban J connectivity index is 2.19. The summed E-state index contributed by atoms with van der Waals surface area (Å²) in [6.45, 7) is 5.67. The molecule has 2 N–H and O–H groups in total. The van der Waals surface area contributed by atoms with E-state index >= 15 is 0 Å². The van der Waals surface area contributed by atoms with Crippen molar-refractivity contribution in [1.82, 2.24) is 5.32 Å². The van der Waals surface area contributed by atoms with Crippen molar-refractivity contribution >= 4 is 0 Å². The summed E-state index contributed by atoms with van der Waals surface area (Å²) in [7, 11) is 0. The van der Waals surface area contributed by atoms with Gasteiger partial charge in [-0.25, -0.2) is 0 Å². The van der Waals surface area contributed by atoms with Gasteiger partial charge in [-0.2, -0.15) is 0 Å². The second kappa shape index (κ2) is 8.08. The van der Waals surface area contributed by atoms with Gasteiger partial charge in [0.15, 0.2) is 0 Å². The van der Waals surface area contributed by atoms with Crippen molar-refractivity contribution in [3.63, 3.8) is 0 Å². The highest BCUT2D eigenvalue weighted by Gasteiger charge is 2.18. The molecule has 16 heavy (non-hydrogen) atoms. The summed E-state index contributed by atoms with van der Waals surface area (Å²) >= 11 is 0. The van der Waals surface area contributed by atoms with Gasteiger partial charge in [0.1, 0.15) is 0 Å². The second-order valence-corrected chi connectivity index (χ2v) is 5.56. The SMILES string of the molecule is CCCC1CCCC(NCC(C)CO)CC1. The van der Waals surface area contributed by atoms with Crippen molar-refractivity contribution in [3.8, 4) is 0 Å². The predicted molar refractivity (Wildman–Crippen MR) is 69.5 cm³/mol. The number of hydrogen-bond donors (Lipinski definition) is 2. The molecular formula is C14H29NO. The van der Waals surface area contributed by atoms with E-state index in [0.717, 1.165) is 12.5 Å². The maximum atomic E-state index is 8.99. The molecule has 3 unspecified atom stereocenters. The minimum absolute atomic E-state index is 0.304.